The van der Waals surface area contributed by atoms with Gasteiger partial charge in [-0.25, -0.2) is 15.0 Å². The molecule has 1 atom stereocenters. The Morgan fingerprint density at radius 1 is 1.10 bits per heavy atom. The molecule has 1 aliphatic heterocycles. The molecule has 13 heteroatoms. The predicted molar refractivity (Wildman–Crippen MR) is 136 cm³/mol. The van der Waals surface area contributed by atoms with E-state index >= 15 is 0 Å². The van der Waals surface area contributed by atoms with E-state index < -0.39 is 12.0 Å². The molecule has 1 aromatic carbocycles. The van der Waals surface area contributed by atoms with Gasteiger partial charge in [-0.05, 0) is 43.2 Å². The van der Waals surface area contributed by atoms with Gasteiger partial charge in [-0.15, -0.1) is 10.2 Å². The number of aryl methyl sites for hydroxylation is 1. The number of carbonyl (C=O) groups is 1. The van der Waals surface area contributed by atoms with Crippen molar-refractivity contribution in [1.82, 2.24) is 34.1 Å². The monoisotopic (exact) mass is 533 g/mol. The fraction of sp³-hybridized carbons (Fsp3) is 0.231. The predicted octanol–water partition coefficient (Wildman–Crippen LogP) is 4.27. The van der Waals surface area contributed by atoms with Gasteiger partial charge in [0.05, 0.1) is 0 Å². The van der Waals surface area contributed by atoms with E-state index in [1.807, 2.05) is 17.4 Å². The highest BCUT2D eigenvalue weighted by Crippen LogP contribution is 2.37. The summed E-state index contributed by atoms with van der Waals surface area (Å²) < 4.78 is 42.8. The first-order chi connectivity index (χ1) is 18.7. The highest BCUT2D eigenvalue weighted by molar-refractivity contribution is 6.04. The minimum Gasteiger partial charge on any atom is -0.382 e. The SMILES string of the molecule is Cc1ccnc(NC(=O)c2ccc(-c3nc([C@H]4CCn5c(nnc5C(F)(F)F)C4)n4ccnc(N)c34)cc2)c1. The zero-order valence-electron chi connectivity index (χ0n) is 20.6. The molecule has 1 amide bonds. The second-order valence-electron chi connectivity index (χ2n) is 9.38. The third-order valence-electron chi connectivity index (χ3n) is 6.76. The lowest BCUT2D eigenvalue weighted by atomic mass is 9.97. The number of hydrogen-bond acceptors (Lipinski definition) is 7. The summed E-state index contributed by atoms with van der Waals surface area (Å²) in [6.45, 7) is 2.03. The standard InChI is InChI=1S/C26H22F3N9O/c1-14-6-8-31-18(12-14)33-24(39)16-4-2-15(3-5-16)20-21-22(30)32-9-11-38(21)23(34-20)17-7-10-37-19(13-17)35-36-25(37)26(27,28)29/h2-6,8-9,11-12,17H,7,10,13H2,1H3,(H2,30,32)(H,31,33,39)/t17-/m0/s1. The van der Waals surface area contributed by atoms with Crippen molar-refractivity contribution in [2.45, 2.75) is 38.4 Å². The van der Waals surface area contributed by atoms with E-state index in [2.05, 4.69) is 25.5 Å². The maximum Gasteiger partial charge on any atom is 0.451 e. The molecular formula is C26H22F3N9O. The van der Waals surface area contributed by atoms with Gasteiger partial charge in [-0.2, -0.15) is 13.2 Å². The van der Waals surface area contributed by atoms with Gasteiger partial charge >= 0.3 is 6.18 Å². The van der Waals surface area contributed by atoms with Gasteiger partial charge in [0.15, 0.2) is 0 Å². The zero-order chi connectivity index (χ0) is 27.3. The highest BCUT2D eigenvalue weighted by atomic mass is 19.4. The lowest BCUT2D eigenvalue weighted by Crippen LogP contribution is -2.24. The van der Waals surface area contributed by atoms with Gasteiger partial charge in [0.1, 0.15) is 34.5 Å². The van der Waals surface area contributed by atoms with E-state index in [-0.39, 0.29) is 36.4 Å². The number of hydrogen-bond donors (Lipinski definition) is 2. The van der Waals surface area contributed by atoms with Crippen molar-refractivity contribution in [3.63, 3.8) is 0 Å². The molecule has 10 nitrogen and oxygen atoms in total. The number of alkyl halides is 3. The van der Waals surface area contributed by atoms with Crippen LogP contribution in [-0.2, 0) is 19.1 Å². The number of amides is 1. The molecule has 0 saturated carbocycles. The first kappa shape index (κ1) is 24.5. The number of fused-ring (bicyclic) bond motifs is 2. The molecule has 0 aliphatic carbocycles. The average molecular weight is 534 g/mol. The fourth-order valence-corrected chi connectivity index (χ4v) is 4.91. The Morgan fingerprint density at radius 3 is 2.64 bits per heavy atom. The molecular weight excluding hydrogens is 511 g/mol. The third-order valence-corrected chi connectivity index (χ3v) is 6.76. The summed E-state index contributed by atoms with van der Waals surface area (Å²) in [5, 5.41) is 9.95. The van der Waals surface area contributed by atoms with Crippen LogP contribution in [0.2, 0.25) is 0 Å². The zero-order valence-corrected chi connectivity index (χ0v) is 20.6. The van der Waals surface area contributed by atoms with Gasteiger partial charge < -0.3 is 15.6 Å². The van der Waals surface area contributed by atoms with Gasteiger partial charge in [0.2, 0.25) is 5.82 Å². The largest absolute Gasteiger partial charge is 0.451 e. The Morgan fingerprint density at radius 2 is 1.90 bits per heavy atom. The number of nitrogens with zero attached hydrogens (tertiary/aromatic N) is 7. The summed E-state index contributed by atoms with van der Waals surface area (Å²) in [5.74, 6) is 0.121. The molecule has 0 fully saturated rings. The van der Waals surface area contributed by atoms with Gasteiger partial charge in [-0.3, -0.25) is 9.20 Å². The van der Waals surface area contributed by atoms with E-state index in [4.69, 9.17) is 10.7 Å². The van der Waals surface area contributed by atoms with Crippen LogP contribution in [0.15, 0.2) is 55.0 Å². The minimum atomic E-state index is -4.56. The van der Waals surface area contributed by atoms with Crippen LogP contribution in [-0.4, -0.2) is 40.0 Å². The second kappa shape index (κ2) is 9.19. The molecule has 0 bridgehead atoms. The summed E-state index contributed by atoms with van der Waals surface area (Å²) in [6.07, 6.45) is 1.01. The molecule has 0 saturated heterocycles. The molecule has 4 aromatic heterocycles. The van der Waals surface area contributed by atoms with Crippen molar-refractivity contribution in [3.05, 3.63) is 83.6 Å². The number of rotatable bonds is 4. The van der Waals surface area contributed by atoms with Gasteiger partial charge in [0.25, 0.3) is 5.91 Å². The van der Waals surface area contributed by atoms with E-state index in [1.54, 1.807) is 48.9 Å². The van der Waals surface area contributed by atoms with Crippen LogP contribution in [0.5, 0.6) is 0 Å². The maximum atomic E-state index is 13.3. The van der Waals surface area contributed by atoms with E-state index in [9.17, 15) is 18.0 Å². The number of halogens is 3. The molecule has 0 unspecified atom stereocenters. The summed E-state index contributed by atoms with van der Waals surface area (Å²) >= 11 is 0. The molecule has 3 N–H and O–H groups in total. The molecule has 1 aliphatic rings. The first-order valence-corrected chi connectivity index (χ1v) is 12.1. The van der Waals surface area contributed by atoms with Crippen LogP contribution in [0.3, 0.4) is 0 Å². The lowest BCUT2D eigenvalue weighted by Gasteiger charge is -2.23. The highest BCUT2D eigenvalue weighted by Gasteiger charge is 2.40. The topological polar surface area (TPSA) is 129 Å². The Bertz CT molecular complexity index is 1710. The van der Waals surface area contributed by atoms with Crippen molar-refractivity contribution in [1.29, 1.82) is 0 Å². The fourth-order valence-electron chi connectivity index (χ4n) is 4.91. The number of anilines is 2. The first-order valence-electron chi connectivity index (χ1n) is 12.1. The third kappa shape index (κ3) is 4.45. The second-order valence-corrected chi connectivity index (χ2v) is 9.38. The molecule has 5 aromatic rings. The number of pyridine rings is 1. The quantitative estimate of drug-likeness (QED) is 0.353. The van der Waals surface area contributed by atoms with Crippen LogP contribution in [0.1, 0.15) is 45.7 Å². The maximum absolute atomic E-state index is 13.3. The van der Waals surface area contributed by atoms with E-state index in [0.717, 1.165) is 10.1 Å². The normalized spacial score (nSPS) is 15.3. The molecule has 198 valence electrons. The summed E-state index contributed by atoms with van der Waals surface area (Å²) in [5.41, 5.74) is 9.51. The van der Waals surface area contributed by atoms with Crippen molar-refractivity contribution in [2.24, 2.45) is 0 Å². The van der Waals surface area contributed by atoms with Gasteiger partial charge in [-0.1, -0.05) is 12.1 Å². The molecule has 6 rings (SSSR count). The van der Waals surface area contributed by atoms with Crippen LogP contribution in [0, 0.1) is 6.92 Å². The molecule has 0 radical (unpaired) electrons. The number of nitrogens with two attached hydrogens (primary N) is 1. The van der Waals surface area contributed by atoms with Crippen LogP contribution in [0.25, 0.3) is 16.8 Å². The summed E-state index contributed by atoms with van der Waals surface area (Å²) in [4.78, 5) is 26.0. The Labute approximate surface area is 219 Å². The van der Waals surface area contributed by atoms with Gasteiger partial charge in [0, 0.05) is 48.6 Å². The van der Waals surface area contributed by atoms with Crippen molar-refractivity contribution >= 4 is 23.1 Å². The molecule has 0 spiro atoms. The Hall–Kier alpha value is -4.81. The number of benzene rings is 1. The number of imidazole rings is 1. The van der Waals surface area contributed by atoms with Crippen LogP contribution in [0.4, 0.5) is 24.8 Å². The van der Waals surface area contributed by atoms with Crippen molar-refractivity contribution in [2.75, 3.05) is 11.1 Å². The summed E-state index contributed by atoms with van der Waals surface area (Å²) in [6, 6.07) is 10.5. The average Bonchev–Trinajstić information content (AvgIpc) is 3.51. The number of nitrogens with one attached hydrogen (secondary N) is 1. The number of nitrogen functional groups attached to an aromatic ring is 1. The Balaban J connectivity index is 1.32. The number of carbonyl (C=O) groups excluding carboxylic acids is 1. The lowest BCUT2D eigenvalue weighted by molar-refractivity contribution is -0.147. The molecule has 5 heterocycles. The van der Waals surface area contributed by atoms with E-state index in [0.29, 0.717) is 40.4 Å². The molecule has 39 heavy (non-hydrogen) atoms. The van der Waals surface area contributed by atoms with Crippen molar-refractivity contribution in [3.8, 4) is 11.3 Å². The van der Waals surface area contributed by atoms with Crippen LogP contribution >= 0.6 is 0 Å². The van der Waals surface area contributed by atoms with Crippen molar-refractivity contribution < 1.29 is 18.0 Å². The summed E-state index contributed by atoms with van der Waals surface area (Å²) in [7, 11) is 0. The smallest absolute Gasteiger partial charge is 0.382 e. The number of aromatic nitrogens is 7. The van der Waals surface area contributed by atoms with Crippen LogP contribution < -0.4 is 11.1 Å². The van der Waals surface area contributed by atoms with E-state index in [1.165, 1.54) is 0 Å². The Kier molecular flexibility index (Phi) is 5.78. The minimum absolute atomic E-state index is 0.117.